The highest BCUT2D eigenvalue weighted by atomic mass is 79.9. The lowest BCUT2D eigenvalue weighted by Crippen LogP contribution is -2.25. The zero-order valence-corrected chi connectivity index (χ0v) is 15.8. The summed E-state index contributed by atoms with van der Waals surface area (Å²) in [6.45, 7) is 4.82. The molecule has 0 heterocycles. The van der Waals surface area contributed by atoms with E-state index in [9.17, 15) is 9.59 Å². The summed E-state index contributed by atoms with van der Waals surface area (Å²) in [6, 6.07) is 5.05. The third-order valence-corrected chi connectivity index (χ3v) is 4.00. The van der Waals surface area contributed by atoms with Gasteiger partial charge in [0.25, 0.3) is 0 Å². The summed E-state index contributed by atoms with van der Waals surface area (Å²) in [5.41, 5.74) is 0.590. The molecule has 0 saturated heterocycles. The second kappa shape index (κ2) is 11.1. The average Bonchev–Trinajstić information content (AvgIpc) is 2.52. The van der Waals surface area contributed by atoms with Crippen LogP contribution < -0.4 is 4.74 Å². The van der Waals surface area contributed by atoms with Gasteiger partial charge in [0.15, 0.2) is 6.29 Å². The molecule has 0 fully saturated rings. The lowest BCUT2D eigenvalue weighted by Gasteiger charge is -2.19. The van der Waals surface area contributed by atoms with Crippen LogP contribution in [0.3, 0.4) is 0 Å². The summed E-state index contributed by atoms with van der Waals surface area (Å²) in [7, 11) is 0. The molecular weight excluding hydrogens is 396 g/mol. The number of hydrogen-bond donors (Lipinski definition) is 2. The van der Waals surface area contributed by atoms with Crippen LogP contribution in [0.15, 0.2) is 22.7 Å². The smallest absolute Gasteiger partial charge is 0.303 e. The number of ether oxygens (including phenoxy) is 3. The SMILES string of the molecule is CCOC(COc1cc(C(CC(=O)O)CC(=O)O)ccc1Br)OCC. The first-order valence-electron chi connectivity index (χ1n) is 7.96. The Morgan fingerprint density at radius 1 is 1.08 bits per heavy atom. The number of hydrogen-bond acceptors (Lipinski definition) is 5. The minimum Gasteiger partial charge on any atom is -0.487 e. The molecule has 0 atom stereocenters. The summed E-state index contributed by atoms with van der Waals surface area (Å²) in [5.74, 6) is -2.27. The van der Waals surface area contributed by atoms with Gasteiger partial charge in [-0.25, -0.2) is 0 Å². The quantitative estimate of drug-likeness (QED) is 0.502. The zero-order chi connectivity index (χ0) is 18.8. The number of benzene rings is 1. The molecule has 0 aromatic heterocycles. The van der Waals surface area contributed by atoms with Crippen molar-refractivity contribution >= 4 is 27.9 Å². The Morgan fingerprint density at radius 3 is 2.12 bits per heavy atom. The highest BCUT2D eigenvalue weighted by Gasteiger charge is 2.20. The van der Waals surface area contributed by atoms with Crippen LogP contribution in [0.4, 0.5) is 0 Å². The van der Waals surface area contributed by atoms with E-state index in [-0.39, 0.29) is 19.4 Å². The van der Waals surface area contributed by atoms with Crippen LogP contribution >= 0.6 is 15.9 Å². The van der Waals surface area contributed by atoms with Crippen LogP contribution in [-0.4, -0.2) is 48.3 Å². The van der Waals surface area contributed by atoms with Crippen molar-refractivity contribution in [2.24, 2.45) is 0 Å². The molecule has 1 rings (SSSR count). The van der Waals surface area contributed by atoms with E-state index in [2.05, 4.69) is 15.9 Å². The Kier molecular flexibility index (Phi) is 9.48. The average molecular weight is 419 g/mol. The van der Waals surface area contributed by atoms with Gasteiger partial charge < -0.3 is 24.4 Å². The maximum Gasteiger partial charge on any atom is 0.303 e. The molecule has 0 aliphatic heterocycles. The van der Waals surface area contributed by atoms with Crippen LogP contribution in [0.2, 0.25) is 0 Å². The molecule has 25 heavy (non-hydrogen) atoms. The Labute approximate surface area is 155 Å². The predicted molar refractivity (Wildman–Crippen MR) is 93.9 cm³/mol. The number of aliphatic carboxylic acids is 2. The molecule has 0 aliphatic carbocycles. The lowest BCUT2D eigenvalue weighted by atomic mass is 9.92. The van der Waals surface area contributed by atoms with E-state index in [1.54, 1.807) is 18.2 Å². The van der Waals surface area contributed by atoms with Gasteiger partial charge in [-0.05, 0) is 47.5 Å². The van der Waals surface area contributed by atoms with Crippen molar-refractivity contribution in [1.82, 2.24) is 0 Å². The molecule has 8 heteroatoms. The highest BCUT2D eigenvalue weighted by Crippen LogP contribution is 2.32. The van der Waals surface area contributed by atoms with Gasteiger partial charge in [-0.15, -0.1) is 0 Å². The van der Waals surface area contributed by atoms with E-state index in [1.165, 1.54) is 0 Å². The fraction of sp³-hybridized carbons (Fsp3) is 0.529. The third kappa shape index (κ3) is 7.85. The van der Waals surface area contributed by atoms with E-state index in [1.807, 2.05) is 13.8 Å². The summed E-state index contributed by atoms with van der Waals surface area (Å²) in [5, 5.41) is 18.0. The number of carboxylic acid groups (broad SMARTS) is 2. The molecule has 7 nitrogen and oxygen atoms in total. The Morgan fingerprint density at radius 2 is 1.64 bits per heavy atom. The monoisotopic (exact) mass is 418 g/mol. The molecule has 0 unspecified atom stereocenters. The minimum absolute atomic E-state index is 0.159. The van der Waals surface area contributed by atoms with Gasteiger partial charge in [-0.1, -0.05) is 6.07 Å². The molecule has 0 bridgehead atoms. The van der Waals surface area contributed by atoms with Crippen LogP contribution in [-0.2, 0) is 19.1 Å². The molecule has 140 valence electrons. The second-order valence-corrected chi connectivity index (χ2v) is 6.09. The van der Waals surface area contributed by atoms with E-state index in [0.29, 0.717) is 29.0 Å². The number of carbonyl (C=O) groups is 2. The predicted octanol–water partition coefficient (Wildman–Crippen LogP) is 3.26. The van der Waals surface area contributed by atoms with E-state index in [4.69, 9.17) is 24.4 Å². The fourth-order valence-corrected chi connectivity index (χ4v) is 2.65. The minimum atomic E-state index is -1.05. The van der Waals surface area contributed by atoms with Crippen molar-refractivity contribution in [3.63, 3.8) is 0 Å². The zero-order valence-electron chi connectivity index (χ0n) is 14.2. The van der Waals surface area contributed by atoms with Gasteiger partial charge in [0.1, 0.15) is 12.4 Å². The first-order chi connectivity index (χ1) is 11.9. The van der Waals surface area contributed by atoms with Crippen molar-refractivity contribution < 1.29 is 34.0 Å². The molecule has 0 spiro atoms. The second-order valence-electron chi connectivity index (χ2n) is 5.23. The Hall–Kier alpha value is -1.64. The van der Waals surface area contributed by atoms with E-state index in [0.717, 1.165) is 0 Å². The topological polar surface area (TPSA) is 102 Å². The molecule has 2 N–H and O–H groups in total. The normalized spacial score (nSPS) is 11.1. The Balaban J connectivity index is 2.92. The van der Waals surface area contributed by atoms with Crippen molar-refractivity contribution in [1.29, 1.82) is 0 Å². The van der Waals surface area contributed by atoms with Crippen molar-refractivity contribution in [3.05, 3.63) is 28.2 Å². The molecule has 0 saturated carbocycles. The fourth-order valence-electron chi connectivity index (χ4n) is 2.29. The molecular formula is C17H23BrO7. The van der Waals surface area contributed by atoms with Gasteiger partial charge in [0, 0.05) is 19.1 Å². The maximum atomic E-state index is 11.0. The van der Waals surface area contributed by atoms with Crippen molar-refractivity contribution in [3.8, 4) is 5.75 Å². The van der Waals surface area contributed by atoms with E-state index < -0.39 is 24.1 Å². The summed E-state index contributed by atoms with van der Waals surface area (Å²) in [6.07, 6.45) is -1.05. The van der Waals surface area contributed by atoms with Crippen LogP contribution in [0, 0.1) is 0 Å². The highest BCUT2D eigenvalue weighted by molar-refractivity contribution is 9.10. The largest absolute Gasteiger partial charge is 0.487 e. The van der Waals surface area contributed by atoms with Gasteiger partial charge in [0.05, 0.1) is 17.3 Å². The third-order valence-electron chi connectivity index (χ3n) is 3.35. The molecule has 0 amide bonds. The Bertz CT molecular complexity index is 554. The maximum absolute atomic E-state index is 11.0. The summed E-state index contributed by atoms with van der Waals surface area (Å²) in [4.78, 5) is 22.0. The van der Waals surface area contributed by atoms with Crippen molar-refractivity contribution in [2.45, 2.75) is 38.9 Å². The van der Waals surface area contributed by atoms with Crippen LogP contribution in [0.5, 0.6) is 5.75 Å². The standard InChI is InChI=1S/C17H23BrO7/c1-3-23-17(24-4-2)10-25-14-7-11(5-6-13(14)18)12(8-15(19)20)9-16(21)22/h5-7,12,17H,3-4,8-10H2,1-2H3,(H,19,20)(H,21,22). The van der Waals surface area contributed by atoms with Crippen LogP contribution in [0.1, 0.15) is 38.2 Å². The van der Waals surface area contributed by atoms with Crippen LogP contribution in [0.25, 0.3) is 0 Å². The van der Waals surface area contributed by atoms with Gasteiger partial charge in [-0.3, -0.25) is 9.59 Å². The van der Waals surface area contributed by atoms with Gasteiger partial charge in [-0.2, -0.15) is 0 Å². The first-order valence-corrected chi connectivity index (χ1v) is 8.75. The first kappa shape index (κ1) is 21.4. The van der Waals surface area contributed by atoms with Gasteiger partial charge >= 0.3 is 11.9 Å². The van der Waals surface area contributed by atoms with Gasteiger partial charge in [0.2, 0.25) is 0 Å². The summed E-state index contributed by atoms with van der Waals surface area (Å²) < 4.78 is 17.2. The molecule has 1 aromatic carbocycles. The molecule has 0 aliphatic rings. The summed E-state index contributed by atoms with van der Waals surface area (Å²) >= 11 is 3.37. The number of halogens is 1. The lowest BCUT2D eigenvalue weighted by molar-refractivity contribution is -0.152. The number of rotatable bonds is 12. The van der Waals surface area contributed by atoms with Crippen molar-refractivity contribution in [2.75, 3.05) is 19.8 Å². The molecule has 1 aromatic rings. The molecule has 0 radical (unpaired) electrons. The number of carboxylic acids is 2. The van der Waals surface area contributed by atoms with E-state index >= 15 is 0 Å².